The molecule has 2 aromatic carbocycles. The summed E-state index contributed by atoms with van der Waals surface area (Å²) >= 11 is 1.63. The number of aryl methyl sites for hydroxylation is 1. The number of nitrogen functional groups attached to an aromatic ring is 1. The summed E-state index contributed by atoms with van der Waals surface area (Å²) in [5, 5.41) is 8.81. The Morgan fingerprint density at radius 1 is 1.12 bits per heavy atom. The van der Waals surface area contributed by atoms with E-state index in [9.17, 15) is 0 Å². The number of benzene rings is 2. The number of rotatable bonds is 2. The molecule has 0 aliphatic rings. The minimum Gasteiger partial charge on any atom is -0.398 e. The van der Waals surface area contributed by atoms with Crippen LogP contribution in [0.5, 0.6) is 0 Å². The van der Waals surface area contributed by atoms with E-state index in [1.165, 1.54) is 0 Å². The summed E-state index contributed by atoms with van der Waals surface area (Å²) in [5.74, 6) is 0. The van der Waals surface area contributed by atoms with Crippen molar-refractivity contribution in [3.63, 3.8) is 0 Å². The Bertz CT molecular complexity index is 585. The van der Waals surface area contributed by atoms with Gasteiger partial charge >= 0.3 is 0 Å². The van der Waals surface area contributed by atoms with Crippen molar-refractivity contribution in [3.8, 4) is 6.07 Å². The van der Waals surface area contributed by atoms with Crippen molar-refractivity contribution in [2.75, 3.05) is 5.73 Å². The molecule has 0 fully saturated rings. The van der Waals surface area contributed by atoms with Crippen LogP contribution < -0.4 is 5.73 Å². The molecule has 2 nitrogen and oxygen atoms in total. The van der Waals surface area contributed by atoms with Crippen molar-refractivity contribution in [2.45, 2.75) is 16.7 Å². The van der Waals surface area contributed by atoms with E-state index < -0.39 is 0 Å². The number of nitriles is 1. The van der Waals surface area contributed by atoms with Gasteiger partial charge in [-0.2, -0.15) is 5.26 Å². The Kier molecular flexibility index (Phi) is 3.36. The van der Waals surface area contributed by atoms with Crippen LogP contribution in [0.1, 0.15) is 11.1 Å². The molecule has 2 N–H and O–H groups in total. The summed E-state index contributed by atoms with van der Waals surface area (Å²) in [7, 11) is 0. The molecule has 0 aromatic heterocycles. The molecule has 0 bridgehead atoms. The van der Waals surface area contributed by atoms with Crippen LogP contribution in [0.4, 0.5) is 5.69 Å². The smallest absolute Gasteiger partial charge is 0.0991 e. The molecular weight excluding hydrogens is 228 g/mol. The number of nitrogens with zero attached hydrogens (tertiary/aromatic N) is 1. The minimum absolute atomic E-state index is 0.688. The van der Waals surface area contributed by atoms with Crippen LogP contribution in [0, 0.1) is 18.3 Å². The lowest BCUT2D eigenvalue weighted by Crippen LogP contribution is -1.88. The molecule has 17 heavy (non-hydrogen) atoms. The molecule has 0 saturated carbocycles. The Labute approximate surface area is 105 Å². The second-order valence-corrected chi connectivity index (χ2v) is 4.82. The first-order valence-corrected chi connectivity index (χ1v) is 6.05. The van der Waals surface area contributed by atoms with E-state index in [0.29, 0.717) is 5.56 Å². The zero-order valence-corrected chi connectivity index (χ0v) is 10.3. The average molecular weight is 240 g/mol. The van der Waals surface area contributed by atoms with Crippen molar-refractivity contribution < 1.29 is 0 Å². The zero-order chi connectivity index (χ0) is 12.3. The lowest BCUT2D eigenvalue weighted by Gasteiger charge is -2.07. The molecule has 84 valence electrons. The standard InChI is InChI=1S/C14H12N2S/c1-10-8-11(9-15)6-7-13(10)17-14-5-3-2-4-12(14)16/h2-8H,16H2,1H3. The van der Waals surface area contributed by atoms with Crippen LogP contribution in [0.3, 0.4) is 0 Å². The van der Waals surface area contributed by atoms with E-state index in [1.807, 2.05) is 49.4 Å². The number of nitrogens with two attached hydrogens (primary N) is 1. The second-order valence-electron chi connectivity index (χ2n) is 3.73. The van der Waals surface area contributed by atoms with E-state index in [2.05, 4.69) is 6.07 Å². The van der Waals surface area contributed by atoms with Gasteiger partial charge in [-0.05, 0) is 42.8 Å². The molecule has 2 rings (SSSR count). The third kappa shape index (κ3) is 2.61. The quantitative estimate of drug-likeness (QED) is 0.816. The van der Waals surface area contributed by atoms with Crippen molar-refractivity contribution in [3.05, 3.63) is 53.6 Å². The van der Waals surface area contributed by atoms with Gasteiger partial charge in [-0.1, -0.05) is 23.9 Å². The lowest BCUT2D eigenvalue weighted by molar-refractivity contribution is 1.28. The summed E-state index contributed by atoms with van der Waals surface area (Å²) in [6.07, 6.45) is 0. The van der Waals surface area contributed by atoms with Crippen LogP contribution in [0.2, 0.25) is 0 Å². The van der Waals surface area contributed by atoms with Crippen LogP contribution in [-0.4, -0.2) is 0 Å². The predicted molar refractivity (Wildman–Crippen MR) is 70.9 cm³/mol. The predicted octanol–water partition coefficient (Wildman–Crippen LogP) is 3.60. The highest BCUT2D eigenvalue weighted by Gasteiger charge is 2.04. The van der Waals surface area contributed by atoms with Gasteiger partial charge in [0, 0.05) is 15.5 Å². The summed E-state index contributed by atoms with van der Waals surface area (Å²) in [6, 6.07) is 15.6. The Morgan fingerprint density at radius 2 is 1.88 bits per heavy atom. The fourth-order valence-corrected chi connectivity index (χ4v) is 2.45. The highest BCUT2D eigenvalue weighted by atomic mass is 32.2. The van der Waals surface area contributed by atoms with Gasteiger partial charge in [-0.25, -0.2) is 0 Å². The highest BCUT2D eigenvalue weighted by molar-refractivity contribution is 7.99. The van der Waals surface area contributed by atoms with Gasteiger partial charge < -0.3 is 5.73 Å². The molecule has 0 amide bonds. The van der Waals surface area contributed by atoms with E-state index in [0.717, 1.165) is 21.0 Å². The van der Waals surface area contributed by atoms with Gasteiger partial charge in [0.25, 0.3) is 0 Å². The molecule has 2 aromatic rings. The van der Waals surface area contributed by atoms with Crippen molar-refractivity contribution >= 4 is 17.4 Å². The molecule has 3 heteroatoms. The van der Waals surface area contributed by atoms with Crippen LogP contribution >= 0.6 is 11.8 Å². The monoisotopic (exact) mass is 240 g/mol. The van der Waals surface area contributed by atoms with Gasteiger partial charge in [0.1, 0.15) is 0 Å². The maximum absolute atomic E-state index is 8.81. The topological polar surface area (TPSA) is 49.8 Å². The molecule has 0 unspecified atom stereocenters. The van der Waals surface area contributed by atoms with Crippen LogP contribution in [0.25, 0.3) is 0 Å². The SMILES string of the molecule is Cc1cc(C#N)ccc1Sc1ccccc1N. The zero-order valence-electron chi connectivity index (χ0n) is 9.47. The average Bonchev–Trinajstić information content (AvgIpc) is 2.34. The fourth-order valence-electron chi connectivity index (χ4n) is 1.53. The number of anilines is 1. The van der Waals surface area contributed by atoms with Crippen molar-refractivity contribution in [1.29, 1.82) is 5.26 Å². The minimum atomic E-state index is 0.688. The first kappa shape index (κ1) is 11.6. The van der Waals surface area contributed by atoms with Gasteiger partial charge in [-0.15, -0.1) is 0 Å². The summed E-state index contributed by atoms with van der Waals surface area (Å²) in [5.41, 5.74) is 8.46. The van der Waals surface area contributed by atoms with E-state index >= 15 is 0 Å². The normalized spacial score (nSPS) is 9.88. The van der Waals surface area contributed by atoms with Gasteiger partial charge in [0.05, 0.1) is 11.6 Å². The summed E-state index contributed by atoms with van der Waals surface area (Å²) in [4.78, 5) is 2.17. The molecule has 0 aliphatic carbocycles. The lowest BCUT2D eigenvalue weighted by atomic mass is 10.2. The largest absolute Gasteiger partial charge is 0.398 e. The Hall–Kier alpha value is -1.92. The molecule has 0 saturated heterocycles. The Morgan fingerprint density at radius 3 is 2.53 bits per heavy atom. The molecule has 0 radical (unpaired) electrons. The third-order valence-corrected chi connectivity index (χ3v) is 3.71. The highest BCUT2D eigenvalue weighted by Crippen LogP contribution is 2.33. The van der Waals surface area contributed by atoms with Crippen molar-refractivity contribution in [2.24, 2.45) is 0 Å². The first-order valence-electron chi connectivity index (χ1n) is 5.24. The van der Waals surface area contributed by atoms with E-state index in [4.69, 9.17) is 11.0 Å². The second kappa shape index (κ2) is 4.94. The summed E-state index contributed by atoms with van der Waals surface area (Å²) in [6.45, 7) is 2.00. The third-order valence-electron chi connectivity index (χ3n) is 2.44. The van der Waals surface area contributed by atoms with E-state index in [-0.39, 0.29) is 0 Å². The van der Waals surface area contributed by atoms with Gasteiger partial charge in [0.2, 0.25) is 0 Å². The maximum Gasteiger partial charge on any atom is 0.0991 e. The Balaban J connectivity index is 2.32. The van der Waals surface area contributed by atoms with Crippen LogP contribution in [0.15, 0.2) is 52.3 Å². The fraction of sp³-hybridized carbons (Fsp3) is 0.0714. The maximum atomic E-state index is 8.81. The van der Waals surface area contributed by atoms with Crippen LogP contribution in [-0.2, 0) is 0 Å². The first-order chi connectivity index (χ1) is 8.20. The summed E-state index contributed by atoms with van der Waals surface area (Å²) < 4.78 is 0. The van der Waals surface area contributed by atoms with Crippen molar-refractivity contribution in [1.82, 2.24) is 0 Å². The molecule has 0 atom stereocenters. The molecular formula is C14H12N2S. The number of hydrogen-bond acceptors (Lipinski definition) is 3. The van der Waals surface area contributed by atoms with Gasteiger partial charge in [0.15, 0.2) is 0 Å². The molecule has 0 spiro atoms. The number of para-hydroxylation sites is 1. The molecule has 0 aliphatic heterocycles. The molecule has 0 heterocycles. The van der Waals surface area contributed by atoms with Gasteiger partial charge in [-0.3, -0.25) is 0 Å². The van der Waals surface area contributed by atoms with E-state index in [1.54, 1.807) is 11.8 Å². The number of hydrogen-bond donors (Lipinski definition) is 1.